The predicted octanol–water partition coefficient (Wildman–Crippen LogP) is 5.39. The van der Waals surface area contributed by atoms with Crippen LogP contribution in [0.5, 0.6) is 0 Å². The third-order valence-corrected chi connectivity index (χ3v) is 5.60. The van der Waals surface area contributed by atoms with E-state index in [4.69, 9.17) is 9.47 Å². The van der Waals surface area contributed by atoms with Crippen molar-refractivity contribution in [2.45, 2.75) is 110 Å². The first kappa shape index (κ1) is 26.2. The van der Waals surface area contributed by atoms with Crippen molar-refractivity contribution >= 4 is 17.7 Å². The van der Waals surface area contributed by atoms with Gasteiger partial charge in [-0.25, -0.2) is 0 Å². The van der Waals surface area contributed by atoms with Crippen LogP contribution < -0.4 is 0 Å². The quantitative estimate of drug-likeness (QED) is 0.214. The molecule has 5 heteroatoms. The summed E-state index contributed by atoms with van der Waals surface area (Å²) in [5, 5.41) is 0. The molecule has 0 bridgehead atoms. The standard InChI is InChI=1S/C25H40O5/c1-4-7-8-9-10-14-17-21-20(22(26)19-23(21)30-24(27)5-2)16-13-11-12-15-18-25(28)29-6-3/h20-21,23H,4-13,15-16,18-19H2,1-3H3/t20-,21+,23+/m0/s1. The average molecular weight is 421 g/mol. The molecule has 0 spiro atoms. The molecule has 5 nitrogen and oxygen atoms in total. The van der Waals surface area contributed by atoms with Gasteiger partial charge in [-0.05, 0) is 26.2 Å². The number of unbranched alkanes of at least 4 members (excludes halogenated alkanes) is 7. The van der Waals surface area contributed by atoms with Crippen LogP contribution in [-0.4, -0.2) is 30.4 Å². The van der Waals surface area contributed by atoms with Crippen molar-refractivity contribution in [3.8, 4) is 11.8 Å². The molecule has 0 radical (unpaired) electrons. The summed E-state index contributed by atoms with van der Waals surface area (Å²) in [6, 6.07) is 0. The first-order valence-corrected chi connectivity index (χ1v) is 11.9. The molecular weight excluding hydrogens is 380 g/mol. The van der Waals surface area contributed by atoms with Gasteiger partial charge in [-0.2, -0.15) is 0 Å². The molecule has 0 N–H and O–H groups in total. The minimum atomic E-state index is -0.401. The summed E-state index contributed by atoms with van der Waals surface area (Å²) < 4.78 is 10.5. The lowest BCUT2D eigenvalue weighted by Crippen LogP contribution is -2.24. The molecule has 1 aliphatic rings. The van der Waals surface area contributed by atoms with Gasteiger partial charge in [-0.3, -0.25) is 14.4 Å². The summed E-state index contributed by atoms with van der Waals surface area (Å²) >= 11 is 0. The van der Waals surface area contributed by atoms with E-state index in [1.54, 1.807) is 6.92 Å². The molecule has 1 fully saturated rings. The summed E-state index contributed by atoms with van der Waals surface area (Å²) in [6.45, 7) is 6.19. The lowest BCUT2D eigenvalue weighted by atomic mass is 9.89. The summed E-state index contributed by atoms with van der Waals surface area (Å²) in [6.07, 6.45) is 10.6. The van der Waals surface area contributed by atoms with Gasteiger partial charge in [0.1, 0.15) is 11.9 Å². The molecule has 1 saturated carbocycles. The van der Waals surface area contributed by atoms with Gasteiger partial charge in [0, 0.05) is 31.6 Å². The Balaban J connectivity index is 2.53. The SMILES string of the molecule is CCCCCCC#C[C@@H]1[C@H](CCCCCCC(=O)OCC)C(=O)C[C@H]1OC(=O)CC. The van der Waals surface area contributed by atoms with E-state index >= 15 is 0 Å². The number of rotatable bonds is 14. The number of esters is 2. The lowest BCUT2D eigenvalue weighted by Gasteiger charge is -2.19. The molecule has 0 aromatic heterocycles. The third-order valence-electron chi connectivity index (χ3n) is 5.60. The second-order valence-corrected chi connectivity index (χ2v) is 8.07. The van der Waals surface area contributed by atoms with Gasteiger partial charge in [0.15, 0.2) is 0 Å². The van der Waals surface area contributed by atoms with Crippen LogP contribution in [0.2, 0.25) is 0 Å². The highest BCUT2D eigenvalue weighted by molar-refractivity contribution is 5.85. The lowest BCUT2D eigenvalue weighted by molar-refractivity contribution is -0.149. The predicted molar refractivity (Wildman–Crippen MR) is 118 cm³/mol. The number of carbonyl (C=O) groups is 3. The van der Waals surface area contributed by atoms with Crippen molar-refractivity contribution in [3.63, 3.8) is 0 Å². The first-order valence-electron chi connectivity index (χ1n) is 11.9. The maximum absolute atomic E-state index is 12.6. The van der Waals surface area contributed by atoms with Crippen LogP contribution in [0.15, 0.2) is 0 Å². The van der Waals surface area contributed by atoms with Gasteiger partial charge < -0.3 is 9.47 Å². The molecule has 0 aromatic rings. The van der Waals surface area contributed by atoms with Crippen molar-refractivity contribution in [1.29, 1.82) is 0 Å². The van der Waals surface area contributed by atoms with Gasteiger partial charge in [0.25, 0.3) is 0 Å². The highest BCUT2D eigenvalue weighted by atomic mass is 16.5. The maximum atomic E-state index is 12.6. The fourth-order valence-electron chi connectivity index (χ4n) is 3.89. The first-order chi connectivity index (χ1) is 14.5. The zero-order valence-electron chi connectivity index (χ0n) is 19.2. The average Bonchev–Trinajstić information content (AvgIpc) is 3.01. The second-order valence-electron chi connectivity index (χ2n) is 8.07. The van der Waals surface area contributed by atoms with Crippen molar-refractivity contribution in [2.75, 3.05) is 6.61 Å². The molecule has 0 heterocycles. The zero-order valence-corrected chi connectivity index (χ0v) is 19.2. The smallest absolute Gasteiger partial charge is 0.305 e. The Bertz CT molecular complexity index is 586. The largest absolute Gasteiger partial charge is 0.466 e. The molecule has 1 aliphatic carbocycles. The van der Waals surface area contributed by atoms with Gasteiger partial charge in [-0.15, -0.1) is 5.92 Å². The maximum Gasteiger partial charge on any atom is 0.305 e. The van der Waals surface area contributed by atoms with Crippen LogP contribution in [0.4, 0.5) is 0 Å². The van der Waals surface area contributed by atoms with Crippen LogP contribution >= 0.6 is 0 Å². The summed E-state index contributed by atoms with van der Waals surface area (Å²) in [4.78, 5) is 35.8. The fourth-order valence-corrected chi connectivity index (χ4v) is 3.89. The van der Waals surface area contributed by atoms with Gasteiger partial charge in [0.05, 0.1) is 12.5 Å². The number of carbonyl (C=O) groups excluding carboxylic acids is 3. The van der Waals surface area contributed by atoms with Crippen molar-refractivity contribution in [2.24, 2.45) is 11.8 Å². The van der Waals surface area contributed by atoms with E-state index in [9.17, 15) is 14.4 Å². The monoisotopic (exact) mass is 420 g/mol. The van der Waals surface area contributed by atoms with E-state index in [1.807, 2.05) is 6.92 Å². The molecule has 0 unspecified atom stereocenters. The van der Waals surface area contributed by atoms with E-state index in [1.165, 1.54) is 19.3 Å². The Kier molecular flexibility index (Phi) is 13.9. The van der Waals surface area contributed by atoms with E-state index in [0.717, 1.165) is 44.9 Å². The van der Waals surface area contributed by atoms with Crippen LogP contribution in [-0.2, 0) is 23.9 Å². The number of ether oxygens (including phenoxy) is 2. The van der Waals surface area contributed by atoms with Crippen molar-refractivity contribution < 1.29 is 23.9 Å². The number of hydrogen-bond acceptors (Lipinski definition) is 5. The fraction of sp³-hybridized carbons (Fsp3) is 0.800. The molecule has 0 saturated heterocycles. The second kappa shape index (κ2) is 15.9. The van der Waals surface area contributed by atoms with Gasteiger partial charge in [0.2, 0.25) is 0 Å². The minimum absolute atomic E-state index is 0.140. The van der Waals surface area contributed by atoms with Crippen LogP contribution in [0, 0.1) is 23.7 Å². The minimum Gasteiger partial charge on any atom is -0.466 e. The van der Waals surface area contributed by atoms with Crippen LogP contribution in [0.3, 0.4) is 0 Å². The van der Waals surface area contributed by atoms with E-state index in [2.05, 4.69) is 18.8 Å². The summed E-state index contributed by atoms with van der Waals surface area (Å²) in [7, 11) is 0. The normalized spacial score (nSPS) is 20.5. The highest BCUT2D eigenvalue weighted by Gasteiger charge is 2.43. The Labute approximate surface area is 182 Å². The van der Waals surface area contributed by atoms with E-state index in [0.29, 0.717) is 19.4 Å². The Morgan fingerprint density at radius 3 is 2.40 bits per heavy atom. The third kappa shape index (κ3) is 10.3. The molecule has 0 amide bonds. The molecular formula is C25H40O5. The van der Waals surface area contributed by atoms with E-state index in [-0.39, 0.29) is 36.0 Å². The summed E-state index contributed by atoms with van der Waals surface area (Å²) in [5.41, 5.74) is 0. The van der Waals surface area contributed by atoms with E-state index < -0.39 is 6.10 Å². The summed E-state index contributed by atoms with van der Waals surface area (Å²) in [5.74, 6) is 5.98. The van der Waals surface area contributed by atoms with Gasteiger partial charge in [-0.1, -0.05) is 58.3 Å². The number of hydrogen-bond donors (Lipinski definition) is 0. The number of ketones is 1. The highest BCUT2D eigenvalue weighted by Crippen LogP contribution is 2.35. The Morgan fingerprint density at radius 1 is 0.967 bits per heavy atom. The molecule has 30 heavy (non-hydrogen) atoms. The van der Waals surface area contributed by atoms with Crippen LogP contribution in [0.25, 0.3) is 0 Å². The topological polar surface area (TPSA) is 69.7 Å². The molecule has 0 aliphatic heterocycles. The molecule has 1 rings (SSSR count). The van der Waals surface area contributed by atoms with Crippen molar-refractivity contribution in [1.82, 2.24) is 0 Å². The molecule has 0 aromatic carbocycles. The van der Waals surface area contributed by atoms with Crippen LogP contribution in [0.1, 0.15) is 104 Å². The zero-order chi connectivity index (χ0) is 22.2. The van der Waals surface area contributed by atoms with Gasteiger partial charge >= 0.3 is 11.9 Å². The Hall–Kier alpha value is -1.83. The van der Waals surface area contributed by atoms with Crippen molar-refractivity contribution in [3.05, 3.63) is 0 Å². The molecule has 3 atom stereocenters. The number of Topliss-reactive ketones (excluding diaryl/α,β-unsaturated/α-hetero) is 1. The molecule has 170 valence electrons. The Morgan fingerprint density at radius 2 is 1.70 bits per heavy atom.